The fraction of sp³-hybridized carbons (Fsp3) is 0.227. The first-order chi connectivity index (χ1) is 15.3. The van der Waals surface area contributed by atoms with Crippen molar-refractivity contribution in [2.24, 2.45) is 10.2 Å². The minimum absolute atomic E-state index is 0.00918. The molecule has 0 atom stereocenters. The smallest absolute Gasteiger partial charge is 0.294 e. The standard InChI is InChI=1S/C22H22ClN5O4/c1-13-7-3-4-8-16(13)21(31)24-17-11-15(23)12-18(20(17)30)25-26-19-14(2)27-28(22(19)32)9-5-6-10-29/h3-4,7-8,10-12,27,30H,5-6,9H2,1-2H3,(H,24,31). The van der Waals surface area contributed by atoms with Crippen molar-refractivity contribution < 1.29 is 14.7 Å². The third-order valence-corrected chi connectivity index (χ3v) is 4.98. The topological polar surface area (TPSA) is 129 Å². The Hall–Kier alpha value is -3.72. The summed E-state index contributed by atoms with van der Waals surface area (Å²) in [6, 6.07) is 9.80. The van der Waals surface area contributed by atoms with Crippen LogP contribution in [0.5, 0.6) is 5.75 Å². The molecule has 0 saturated heterocycles. The molecule has 0 fully saturated rings. The average Bonchev–Trinajstić information content (AvgIpc) is 3.02. The van der Waals surface area contributed by atoms with Crippen LogP contribution in [0.2, 0.25) is 5.02 Å². The first-order valence-corrected chi connectivity index (χ1v) is 10.2. The molecular weight excluding hydrogens is 434 g/mol. The maximum Gasteiger partial charge on any atom is 0.294 e. The molecule has 3 aromatic rings. The number of aldehydes is 1. The predicted molar refractivity (Wildman–Crippen MR) is 122 cm³/mol. The van der Waals surface area contributed by atoms with Crippen molar-refractivity contribution in [1.82, 2.24) is 9.78 Å². The molecule has 9 nitrogen and oxygen atoms in total. The number of halogens is 1. The van der Waals surface area contributed by atoms with Gasteiger partial charge >= 0.3 is 0 Å². The second-order valence-electron chi connectivity index (χ2n) is 7.14. The zero-order chi connectivity index (χ0) is 23.3. The van der Waals surface area contributed by atoms with Crippen molar-refractivity contribution in [3.05, 3.63) is 68.6 Å². The SMILES string of the molecule is Cc1ccccc1C(=O)Nc1cc(Cl)cc(N=Nc2c(C)[nH]n(CCCC=O)c2=O)c1O. The third kappa shape index (κ3) is 5.12. The summed E-state index contributed by atoms with van der Waals surface area (Å²) in [6.45, 7) is 3.81. The number of unbranched alkanes of at least 4 members (excludes halogenated alkanes) is 1. The minimum atomic E-state index is -0.414. The van der Waals surface area contributed by atoms with E-state index in [4.69, 9.17) is 11.6 Å². The summed E-state index contributed by atoms with van der Waals surface area (Å²) in [5, 5.41) is 24.3. The number of hydrogen-bond donors (Lipinski definition) is 3. The highest BCUT2D eigenvalue weighted by Crippen LogP contribution is 2.38. The van der Waals surface area contributed by atoms with E-state index in [1.54, 1.807) is 32.0 Å². The summed E-state index contributed by atoms with van der Waals surface area (Å²) >= 11 is 6.14. The van der Waals surface area contributed by atoms with Crippen LogP contribution in [0.1, 0.15) is 34.5 Å². The summed E-state index contributed by atoms with van der Waals surface area (Å²) in [6.07, 6.45) is 1.65. The fourth-order valence-electron chi connectivity index (χ4n) is 3.08. The van der Waals surface area contributed by atoms with Gasteiger partial charge in [-0.3, -0.25) is 19.4 Å². The summed E-state index contributed by atoms with van der Waals surface area (Å²) in [5.41, 5.74) is 1.45. The molecule has 0 spiro atoms. The normalized spacial score (nSPS) is 11.1. The summed E-state index contributed by atoms with van der Waals surface area (Å²) in [7, 11) is 0. The van der Waals surface area contributed by atoms with Gasteiger partial charge in [0.1, 0.15) is 12.0 Å². The Morgan fingerprint density at radius 3 is 2.72 bits per heavy atom. The molecule has 166 valence electrons. The van der Waals surface area contributed by atoms with Crippen LogP contribution in [0.4, 0.5) is 17.1 Å². The molecule has 1 heterocycles. The van der Waals surface area contributed by atoms with Crippen molar-refractivity contribution in [1.29, 1.82) is 0 Å². The molecular formula is C22H22ClN5O4. The van der Waals surface area contributed by atoms with Gasteiger partial charge in [0, 0.05) is 23.6 Å². The zero-order valence-corrected chi connectivity index (χ0v) is 18.3. The van der Waals surface area contributed by atoms with E-state index in [0.29, 0.717) is 30.6 Å². The second kappa shape index (κ2) is 10.1. The van der Waals surface area contributed by atoms with Gasteiger partial charge in [-0.15, -0.1) is 10.2 Å². The van der Waals surface area contributed by atoms with Crippen molar-refractivity contribution in [2.45, 2.75) is 33.2 Å². The van der Waals surface area contributed by atoms with Gasteiger partial charge in [0.05, 0.1) is 11.4 Å². The van der Waals surface area contributed by atoms with Crippen molar-refractivity contribution in [3.63, 3.8) is 0 Å². The first-order valence-electron chi connectivity index (χ1n) is 9.86. The molecule has 3 N–H and O–H groups in total. The van der Waals surface area contributed by atoms with Crippen LogP contribution in [0, 0.1) is 13.8 Å². The monoisotopic (exact) mass is 455 g/mol. The Balaban J connectivity index is 1.87. The Bertz CT molecular complexity index is 1250. The number of H-pyrrole nitrogens is 1. The maximum atomic E-state index is 12.6. The number of azo groups is 1. The van der Waals surface area contributed by atoms with E-state index >= 15 is 0 Å². The van der Waals surface area contributed by atoms with Crippen LogP contribution < -0.4 is 10.9 Å². The number of nitrogens with one attached hydrogen (secondary N) is 2. The van der Waals surface area contributed by atoms with E-state index in [1.165, 1.54) is 16.8 Å². The molecule has 0 saturated carbocycles. The molecule has 3 rings (SSSR count). The van der Waals surface area contributed by atoms with Gasteiger partial charge in [-0.1, -0.05) is 29.8 Å². The highest BCUT2D eigenvalue weighted by atomic mass is 35.5. The van der Waals surface area contributed by atoms with E-state index in [-0.39, 0.29) is 27.8 Å². The number of aryl methyl sites for hydroxylation is 3. The number of aromatic amines is 1. The van der Waals surface area contributed by atoms with Gasteiger partial charge in [-0.25, -0.2) is 0 Å². The number of nitrogens with zero attached hydrogens (tertiary/aromatic N) is 3. The maximum absolute atomic E-state index is 12.6. The first kappa shape index (κ1) is 23.0. The fourth-order valence-corrected chi connectivity index (χ4v) is 3.29. The van der Waals surface area contributed by atoms with Crippen molar-refractivity contribution in [3.8, 4) is 5.75 Å². The number of carbonyl (C=O) groups excluding carboxylic acids is 2. The second-order valence-corrected chi connectivity index (χ2v) is 7.58. The van der Waals surface area contributed by atoms with Crippen molar-refractivity contribution >= 4 is 40.9 Å². The van der Waals surface area contributed by atoms with Gasteiger partial charge in [0.25, 0.3) is 11.5 Å². The molecule has 0 unspecified atom stereocenters. The number of anilines is 1. The van der Waals surface area contributed by atoms with Gasteiger partial charge in [0.15, 0.2) is 11.4 Å². The molecule has 0 bridgehead atoms. The zero-order valence-electron chi connectivity index (χ0n) is 17.6. The number of aromatic nitrogens is 2. The van der Waals surface area contributed by atoms with E-state index in [1.807, 2.05) is 6.07 Å². The van der Waals surface area contributed by atoms with E-state index < -0.39 is 11.5 Å². The predicted octanol–water partition coefficient (Wildman–Crippen LogP) is 4.80. The molecule has 0 aliphatic carbocycles. The van der Waals surface area contributed by atoms with Crippen LogP contribution >= 0.6 is 11.6 Å². The van der Waals surface area contributed by atoms with E-state index in [0.717, 1.165) is 11.8 Å². The van der Waals surface area contributed by atoms with Gasteiger partial charge < -0.3 is 15.2 Å². The molecule has 32 heavy (non-hydrogen) atoms. The Morgan fingerprint density at radius 2 is 2.00 bits per heavy atom. The number of phenols is 1. The molecule has 2 aromatic carbocycles. The number of rotatable bonds is 8. The number of amides is 1. The lowest BCUT2D eigenvalue weighted by molar-refractivity contribution is -0.108. The summed E-state index contributed by atoms with van der Waals surface area (Å²) in [5.74, 6) is -0.747. The van der Waals surface area contributed by atoms with Gasteiger partial charge in [-0.2, -0.15) is 0 Å². The van der Waals surface area contributed by atoms with Crippen molar-refractivity contribution in [2.75, 3.05) is 5.32 Å². The number of phenolic OH excluding ortho intramolecular Hbond substituents is 1. The number of benzene rings is 2. The van der Waals surface area contributed by atoms with Crippen LogP contribution in [0.15, 0.2) is 51.4 Å². The highest BCUT2D eigenvalue weighted by molar-refractivity contribution is 6.31. The van der Waals surface area contributed by atoms with Crippen LogP contribution in [0.3, 0.4) is 0 Å². The van der Waals surface area contributed by atoms with E-state index in [2.05, 4.69) is 20.6 Å². The molecule has 1 amide bonds. The summed E-state index contributed by atoms with van der Waals surface area (Å²) in [4.78, 5) is 35.6. The lowest BCUT2D eigenvalue weighted by Crippen LogP contribution is -2.16. The molecule has 0 radical (unpaired) electrons. The lowest BCUT2D eigenvalue weighted by atomic mass is 10.1. The number of hydrogen-bond acceptors (Lipinski definition) is 6. The van der Waals surface area contributed by atoms with Crippen LogP contribution in [0.25, 0.3) is 0 Å². The minimum Gasteiger partial charge on any atom is -0.504 e. The highest BCUT2D eigenvalue weighted by Gasteiger charge is 2.16. The Morgan fingerprint density at radius 1 is 1.25 bits per heavy atom. The van der Waals surface area contributed by atoms with Gasteiger partial charge in [0.2, 0.25) is 0 Å². The molecule has 1 aromatic heterocycles. The Kier molecular flexibility index (Phi) is 7.21. The lowest BCUT2D eigenvalue weighted by Gasteiger charge is -2.11. The van der Waals surface area contributed by atoms with Gasteiger partial charge in [-0.05, 0) is 44.0 Å². The van der Waals surface area contributed by atoms with E-state index in [9.17, 15) is 19.5 Å². The Labute approximate surface area is 188 Å². The number of aromatic hydroxyl groups is 1. The quantitative estimate of drug-likeness (QED) is 0.195. The average molecular weight is 456 g/mol. The number of carbonyl (C=O) groups is 2. The molecule has 0 aliphatic heterocycles. The van der Waals surface area contributed by atoms with Crippen LogP contribution in [-0.4, -0.2) is 27.1 Å². The summed E-state index contributed by atoms with van der Waals surface area (Å²) < 4.78 is 1.35. The third-order valence-electron chi connectivity index (χ3n) is 4.76. The molecule has 0 aliphatic rings. The molecule has 10 heteroatoms. The largest absolute Gasteiger partial charge is 0.504 e. The van der Waals surface area contributed by atoms with Crippen LogP contribution in [-0.2, 0) is 11.3 Å².